The maximum atomic E-state index is 13.4. The highest BCUT2D eigenvalue weighted by molar-refractivity contribution is 5.62. The van der Waals surface area contributed by atoms with Crippen molar-refractivity contribution in [1.29, 1.82) is 0 Å². The van der Waals surface area contributed by atoms with E-state index in [1.54, 1.807) is 12.3 Å². The summed E-state index contributed by atoms with van der Waals surface area (Å²) in [7, 11) is 0. The van der Waals surface area contributed by atoms with Crippen molar-refractivity contribution in [2.24, 2.45) is 0 Å². The molecule has 0 radical (unpaired) electrons. The summed E-state index contributed by atoms with van der Waals surface area (Å²) < 4.78 is 18.6. The molecule has 1 atom stereocenters. The molecule has 5 nitrogen and oxygen atoms in total. The number of hydrogen-bond donors (Lipinski definition) is 1. The zero-order chi connectivity index (χ0) is 13.8. The molecule has 0 spiro atoms. The number of nitrogens with one attached hydrogen (secondary N) is 1. The van der Waals surface area contributed by atoms with E-state index in [1.165, 1.54) is 12.1 Å². The Bertz CT molecular complexity index is 569. The highest BCUT2D eigenvalue weighted by atomic mass is 19.1. The van der Waals surface area contributed by atoms with Crippen LogP contribution in [0.5, 0.6) is 0 Å². The first-order valence-corrected chi connectivity index (χ1v) is 5.79. The van der Waals surface area contributed by atoms with E-state index in [0.717, 1.165) is 11.8 Å². The molecule has 1 heterocycles. The van der Waals surface area contributed by atoms with Crippen molar-refractivity contribution in [1.82, 2.24) is 0 Å². The Morgan fingerprint density at radius 3 is 2.84 bits per heavy atom. The van der Waals surface area contributed by atoms with Crippen molar-refractivity contribution in [3.63, 3.8) is 0 Å². The maximum absolute atomic E-state index is 13.4. The molecule has 100 valence electrons. The number of hydrogen-bond acceptors (Lipinski definition) is 4. The van der Waals surface area contributed by atoms with Crippen LogP contribution in [0.2, 0.25) is 0 Å². The van der Waals surface area contributed by atoms with Crippen LogP contribution < -0.4 is 5.32 Å². The first kappa shape index (κ1) is 13.1. The molecule has 2 aromatic rings. The quantitative estimate of drug-likeness (QED) is 0.664. The molecule has 0 fully saturated rings. The zero-order valence-electron chi connectivity index (χ0n) is 10.3. The average Bonchev–Trinajstić information content (AvgIpc) is 2.81. The second-order valence-corrected chi connectivity index (χ2v) is 4.22. The smallest absolute Gasteiger partial charge is 0.327 e. The highest BCUT2D eigenvalue weighted by Gasteiger charge is 2.21. The Kier molecular flexibility index (Phi) is 3.79. The van der Waals surface area contributed by atoms with Gasteiger partial charge in [-0.05, 0) is 31.2 Å². The molecule has 0 saturated carbocycles. The molecule has 1 N–H and O–H groups in total. The van der Waals surface area contributed by atoms with Gasteiger partial charge in [-0.2, -0.15) is 4.39 Å². The Hall–Kier alpha value is -2.37. The maximum Gasteiger partial charge on any atom is 0.327 e. The van der Waals surface area contributed by atoms with Crippen LogP contribution in [0.1, 0.15) is 12.7 Å². The molecule has 0 aliphatic heterocycles. The van der Waals surface area contributed by atoms with Gasteiger partial charge in [-0.3, -0.25) is 10.1 Å². The number of anilines is 1. The second kappa shape index (κ2) is 5.51. The Morgan fingerprint density at radius 1 is 1.42 bits per heavy atom. The van der Waals surface area contributed by atoms with Crippen LogP contribution in [0.15, 0.2) is 41.0 Å². The third-order valence-corrected chi connectivity index (χ3v) is 2.66. The molecule has 0 aliphatic carbocycles. The van der Waals surface area contributed by atoms with Crippen molar-refractivity contribution in [3.8, 4) is 0 Å². The molecule has 1 aromatic carbocycles. The summed E-state index contributed by atoms with van der Waals surface area (Å²) in [5.41, 5.74) is -0.363. The van der Waals surface area contributed by atoms with Gasteiger partial charge in [0.2, 0.25) is 5.82 Å². The first-order chi connectivity index (χ1) is 9.08. The number of rotatable bonds is 5. The summed E-state index contributed by atoms with van der Waals surface area (Å²) in [4.78, 5) is 10.1. The van der Waals surface area contributed by atoms with E-state index in [9.17, 15) is 14.5 Å². The van der Waals surface area contributed by atoms with E-state index in [0.29, 0.717) is 6.42 Å². The molecule has 0 amide bonds. The molecule has 0 saturated heterocycles. The normalized spacial score (nSPS) is 12.1. The fourth-order valence-electron chi connectivity index (χ4n) is 1.86. The lowest BCUT2D eigenvalue weighted by Crippen LogP contribution is -2.18. The van der Waals surface area contributed by atoms with Crippen LogP contribution in [0, 0.1) is 15.9 Å². The largest absolute Gasteiger partial charge is 0.469 e. The number of nitro benzene ring substituents is 1. The zero-order valence-corrected chi connectivity index (χ0v) is 10.3. The summed E-state index contributed by atoms with van der Waals surface area (Å²) in [5, 5.41) is 13.8. The number of furan rings is 1. The van der Waals surface area contributed by atoms with Gasteiger partial charge in [0.15, 0.2) is 0 Å². The topological polar surface area (TPSA) is 68.3 Å². The van der Waals surface area contributed by atoms with Gasteiger partial charge in [0.25, 0.3) is 0 Å². The Morgan fingerprint density at radius 2 is 2.21 bits per heavy atom. The predicted octanol–water partition coefficient (Wildman–Crippen LogP) is 3.37. The molecule has 6 heteroatoms. The average molecular weight is 264 g/mol. The van der Waals surface area contributed by atoms with E-state index in [-0.39, 0.29) is 11.7 Å². The van der Waals surface area contributed by atoms with Gasteiger partial charge in [-0.15, -0.1) is 0 Å². The van der Waals surface area contributed by atoms with Crippen molar-refractivity contribution < 1.29 is 13.7 Å². The van der Waals surface area contributed by atoms with E-state index in [4.69, 9.17) is 4.42 Å². The highest BCUT2D eigenvalue weighted by Crippen LogP contribution is 2.28. The minimum absolute atomic E-state index is 0.119. The fourth-order valence-corrected chi connectivity index (χ4v) is 1.86. The standard InChI is InChI=1S/C13H13FN2O3/c1-9(8-10-4-3-7-19-10)15-12-6-2-5-11(14)13(12)16(17)18/h2-7,9,15H,8H2,1H3. The van der Waals surface area contributed by atoms with Gasteiger partial charge in [0, 0.05) is 12.5 Å². The molecular formula is C13H13FN2O3. The van der Waals surface area contributed by atoms with Crippen LogP contribution >= 0.6 is 0 Å². The van der Waals surface area contributed by atoms with Gasteiger partial charge < -0.3 is 9.73 Å². The third-order valence-electron chi connectivity index (χ3n) is 2.66. The Labute approximate surface area is 109 Å². The van der Waals surface area contributed by atoms with Crippen molar-refractivity contribution in [3.05, 3.63) is 58.3 Å². The molecule has 2 rings (SSSR count). The van der Waals surface area contributed by atoms with Gasteiger partial charge >= 0.3 is 5.69 Å². The SMILES string of the molecule is CC(Cc1ccco1)Nc1cccc(F)c1[N+](=O)[O-]. The molecule has 0 aliphatic rings. The molecule has 0 bridgehead atoms. The van der Waals surface area contributed by atoms with Gasteiger partial charge in [-0.25, -0.2) is 0 Å². The third kappa shape index (κ3) is 3.09. The lowest BCUT2D eigenvalue weighted by molar-refractivity contribution is -0.386. The van der Waals surface area contributed by atoms with Gasteiger partial charge in [0.05, 0.1) is 11.2 Å². The number of halogens is 1. The molecular weight excluding hydrogens is 251 g/mol. The summed E-state index contributed by atoms with van der Waals surface area (Å²) in [6, 6.07) is 7.46. The molecule has 19 heavy (non-hydrogen) atoms. The van der Waals surface area contributed by atoms with Crippen molar-refractivity contribution in [2.75, 3.05) is 5.32 Å². The lowest BCUT2D eigenvalue weighted by Gasteiger charge is -2.14. The lowest BCUT2D eigenvalue weighted by atomic mass is 10.1. The van der Waals surface area contributed by atoms with Crippen molar-refractivity contribution in [2.45, 2.75) is 19.4 Å². The van der Waals surface area contributed by atoms with E-state index >= 15 is 0 Å². The van der Waals surface area contributed by atoms with Crippen LogP contribution in [0.25, 0.3) is 0 Å². The number of nitro groups is 1. The summed E-state index contributed by atoms with van der Waals surface area (Å²) >= 11 is 0. The number of benzene rings is 1. The van der Waals surface area contributed by atoms with Gasteiger partial charge in [-0.1, -0.05) is 6.07 Å². The van der Waals surface area contributed by atoms with Crippen LogP contribution in [-0.4, -0.2) is 11.0 Å². The Balaban J connectivity index is 2.14. The summed E-state index contributed by atoms with van der Waals surface area (Å²) in [6.07, 6.45) is 2.12. The second-order valence-electron chi connectivity index (χ2n) is 4.22. The monoisotopic (exact) mass is 264 g/mol. The van der Waals surface area contributed by atoms with Crippen LogP contribution in [0.3, 0.4) is 0 Å². The molecule has 1 aromatic heterocycles. The van der Waals surface area contributed by atoms with Gasteiger partial charge in [0.1, 0.15) is 11.4 Å². The fraction of sp³-hybridized carbons (Fsp3) is 0.231. The number of nitrogens with zero attached hydrogens (tertiary/aromatic N) is 1. The predicted molar refractivity (Wildman–Crippen MR) is 68.6 cm³/mol. The minimum atomic E-state index is -0.847. The summed E-state index contributed by atoms with van der Waals surface area (Å²) in [6.45, 7) is 1.84. The number of para-hydroxylation sites is 1. The van der Waals surface area contributed by atoms with Crippen molar-refractivity contribution >= 4 is 11.4 Å². The van der Waals surface area contributed by atoms with Crippen LogP contribution in [-0.2, 0) is 6.42 Å². The van der Waals surface area contributed by atoms with Crippen LogP contribution in [0.4, 0.5) is 15.8 Å². The van der Waals surface area contributed by atoms with E-state index in [1.807, 2.05) is 13.0 Å². The van der Waals surface area contributed by atoms with E-state index in [2.05, 4.69) is 5.32 Å². The first-order valence-electron chi connectivity index (χ1n) is 5.79. The molecule has 1 unspecified atom stereocenters. The van der Waals surface area contributed by atoms with E-state index < -0.39 is 16.4 Å². The minimum Gasteiger partial charge on any atom is -0.469 e. The summed E-state index contributed by atoms with van der Waals surface area (Å²) in [5.74, 6) is -0.0840.